The molecule has 0 aliphatic carbocycles. The number of halogens is 1. The highest BCUT2D eigenvalue weighted by molar-refractivity contribution is 5.95. The van der Waals surface area contributed by atoms with Gasteiger partial charge >= 0.3 is 0 Å². The van der Waals surface area contributed by atoms with Gasteiger partial charge in [-0.15, -0.1) is 5.10 Å². The first-order valence-corrected chi connectivity index (χ1v) is 9.19. The van der Waals surface area contributed by atoms with Crippen LogP contribution in [0.4, 0.5) is 10.2 Å². The Labute approximate surface area is 162 Å². The van der Waals surface area contributed by atoms with Crippen molar-refractivity contribution in [2.75, 3.05) is 38.2 Å². The van der Waals surface area contributed by atoms with Crippen molar-refractivity contribution in [2.45, 2.75) is 6.61 Å². The van der Waals surface area contributed by atoms with Crippen LogP contribution < -0.4 is 4.90 Å². The molecule has 0 atom stereocenters. The number of methoxy groups -OCH3 is 1. The van der Waals surface area contributed by atoms with Crippen LogP contribution in [-0.4, -0.2) is 54.3 Å². The average molecular weight is 380 g/mol. The number of carbonyl (C=O) groups excluding carboxylic acids is 1. The second-order valence-electron chi connectivity index (χ2n) is 6.77. The van der Waals surface area contributed by atoms with Crippen molar-refractivity contribution >= 4 is 22.5 Å². The molecule has 2 heterocycles. The predicted octanol–water partition coefficient (Wildman–Crippen LogP) is 2.88. The molecule has 1 aliphatic rings. The second kappa shape index (κ2) is 7.90. The minimum atomic E-state index is -0.363. The predicted molar refractivity (Wildman–Crippen MR) is 105 cm³/mol. The van der Waals surface area contributed by atoms with Gasteiger partial charge in [-0.2, -0.15) is 5.10 Å². The Hall–Kier alpha value is -3.06. The maximum absolute atomic E-state index is 13.8. The van der Waals surface area contributed by atoms with Crippen LogP contribution in [-0.2, 0) is 11.3 Å². The molecular formula is C21H21FN4O2. The Bertz CT molecular complexity index is 997. The molecule has 4 rings (SSSR count). The molecule has 28 heavy (non-hydrogen) atoms. The Morgan fingerprint density at radius 3 is 2.71 bits per heavy atom. The number of ether oxygens (including phenoxy) is 1. The number of rotatable bonds is 4. The van der Waals surface area contributed by atoms with Gasteiger partial charge in [-0.25, -0.2) is 4.39 Å². The van der Waals surface area contributed by atoms with Crippen molar-refractivity contribution in [1.29, 1.82) is 0 Å². The van der Waals surface area contributed by atoms with E-state index in [0.717, 1.165) is 16.6 Å². The monoisotopic (exact) mass is 380 g/mol. The molecule has 7 heteroatoms. The summed E-state index contributed by atoms with van der Waals surface area (Å²) in [5.41, 5.74) is 0.866. The Balaban J connectivity index is 1.48. The maximum atomic E-state index is 13.8. The highest BCUT2D eigenvalue weighted by Crippen LogP contribution is 2.24. The van der Waals surface area contributed by atoms with Crippen LogP contribution in [0.15, 0.2) is 48.7 Å². The van der Waals surface area contributed by atoms with Gasteiger partial charge in [0.1, 0.15) is 5.82 Å². The van der Waals surface area contributed by atoms with E-state index in [1.807, 2.05) is 24.3 Å². The number of aromatic nitrogens is 2. The van der Waals surface area contributed by atoms with E-state index in [2.05, 4.69) is 15.1 Å². The number of nitrogens with zero attached hydrogens (tertiary/aromatic N) is 4. The van der Waals surface area contributed by atoms with Crippen LogP contribution in [0.5, 0.6) is 0 Å². The van der Waals surface area contributed by atoms with Crippen LogP contribution in [0, 0.1) is 5.82 Å². The molecule has 1 aliphatic heterocycles. The minimum absolute atomic E-state index is 0.0963. The van der Waals surface area contributed by atoms with Gasteiger partial charge in [0.05, 0.1) is 12.8 Å². The number of piperazine rings is 1. The fraction of sp³-hybridized carbons (Fsp3) is 0.286. The molecule has 1 saturated heterocycles. The molecule has 6 nitrogen and oxygen atoms in total. The topological polar surface area (TPSA) is 58.6 Å². The summed E-state index contributed by atoms with van der Waals surface area (Å²) in [4.78, 5) is 16.8. The van der Waals surface area contributed by atoms with E-state index in [0.29, 0.717) is 37.3 Å². The number of anilines is 1. The van der Waals surface area contributed by atoms with Crippen LogP contribution in [0.25, 0.3) is 10.8 Å². The zero-order chi connectivity index (χ0) is 19.5. The van der Waals surface area contributed by atoms with Crippen LogP contribution in [0.3, 0.4) is 0 Å². The maximum Gasteiger partial charge on any atom is 0.253 e. The van der Waals surface area contributed by atoms with Crippen molar-refractivity contribution < 1.29 is 13.9 Å². The van der Waals surface area contributed by atoms with E-state index in [1.165, 1.54) is 19.2 Å². The third-order valence-corrected chi connectivity index (χ3v) is 5.01. The normalized spacial score (nSPS) is 14.5. The summed E-state index contributed by atoms with van der Waals surface area (Å²) >= 11 is 0. The van der Waals surface area contributed by atoms with Gasteiger partial charge in [-0.1, -0.05) is 24.3 Å². The summed E-state index contributed by atoms with van der Waals surface area (Å²) in [6.07, 6.45) is 1.75. The van der Waals surface area contributed by atoms with E-state index in [1.54, 1.807) is 17.2 Å². The largest absolute Gasteiger partial charge is 0.380 e. The fourth-order valence-corrected chi connectivity index (χ4v) is 3.52. The minimum Gasteiger partial charge on any atom is -0.380 e. The number of carbonyl (C=O) groups is 1. The van der Waals surface area contributed by atoms with Gasteiger partial charge in [0.15, 0.2) is 5.82 Å². The SMILES string of the molecule is COCc1cc(C(=O)N2CCN(c3nncc4ccccc34)CC2)ccc1F. The average Bonchev–Trinajstić information content (AvgIpc) is 2.75. The molecular weight excluding hydrogens is 359 g/mol. The fourth-order valence-electron chi connectivity index (χ4n) is 3.52. The van der Waals surface area contributed by atoms with Crippen LogP contribution >= 0.6 is 0 Å². The van der Waals surface area contributed by atoms with Crippen molar-refractivity contribution in [1.82, 2.24) is 15.1 Å². The lowest BCUT2D eigenvalue weighted by molar-refractivity contribution is 0.0746. The van der Waals surface area contributed by atoms with Crippen molar-refractivity contribution in [3.05, 3.63) is 65.6 Å². The van der Waals surface area contributed by atoms with E-state index in [-0.39, 0.29) is 18.3 Å². The molecule has 3 aromatic rings. The summed E-state index contributed by atoms with van der Waals surface area (Å²) in [6, 6.07) is 12.4. The van der Waals surface area contributed by atoms with Crippen molar-refractivity contribution in [3.8, 4) is 0 Å². The Morgan fingerprint density at radius 1 is 1.14 bits per heavy atom. The van der Waals surface area contributed by atoms with Crippen LogP contribution in [0.1, 0.15) is 15.9 Å². The zero-order valence-corrected chi connectivity index (χ0v) is 15.6. The molecule has 1 fully saturated rings. The molecule has 0 unspecified atom stereocenters. The Kier molecular flexibility index (Phi) is 5.16. The van der Waals surface area contributed by atoms with Gasteiger partial charge in [0.2, 0.25) is 0 Å². The molecule has 0 N–H and O–H groups in total. The summed E-state index contributed by atoms with van der Waals surface area (Å²) in [5, 5.41) is 10.5. The quantitative estimate of drug-likeness (QED) is 0.697. The molecule has 1 aromatic heterocycles. The van der Waals surface area contributed by atoms with Crippen LogP contribution in [0.2, 0.25) is 0 Å². The summed E-state index contributed by atoms with van der Waals surface area (Å²) < 4.78 is 18.8. The third-order valence-electron chi connectivity index (χ3n) is 5.01. The van der Waals surface area contributed by atoms with E-state index < -0.39 is 0 Å². The second-order valence-corrected chi connectivity index (χ2v) is 6.77. The molecule has 1 amide bonds. The summed E-state index contributed by atoms with van der Waals surface area (Å²) in [5.74, 6) is 0.383. The highest BCUT2D eigenvalue weighted by atomic mass is 19.1. The van der Waals surface area contributed by atoms with Gasteiger partial charge in [0, 0.05) is 55.2 Å². The smallest absolute Gasteiger partial charge is 0.253 e. The lowest BCUT2D eigenvalue weighted by Crippen LogP contribution is -2.49. The van der Waals surface area contributed by atoms with Gasteiger partial charge in [0.25, 0.3) is 5.91 Å². The van der Waals surface area contributed by atoms with E-state index in [9.17, 15) is 9.18 Å². The summed E-state index contributed by atoms with van der Waals surface area (Å²) in [7, 11) is 1.50. The molecule has 2 aromatic carbocycles. The first-order valence-electron chi connectivity index (χ1n) is 9.19. The molecule has 144 valence electrons. The molecule has 0 saturated carbocycles. The standard InChI is InChI=1S/C21H21FN4O2/c1-28-14-17-12-15(6-7-19(17)22)21(27)26-10-8-25(9-11-26)20-18-5-3-2-4-16(18)13-23-24-20/h2-7,12-13H,8-11,14H2,1H3. The number of hydrogen-bond donors (Lipinski definition) is 0. The van der Waals surface area contributed by atoms with Crippen molar-refractivity contribution in [3.63, 3.8) is 0 Å². The highest BCUT2D eigenvalue weighted by Gasteiger charge is 2.24. The van der Waals surface area contributed by atoms with Gasteiger partial charge in [-0.3, -0.25) is 4.79 Å². The third kappa shape index (κ3) is 3.53. The number of benzene rings is 2. The first kappa shape index (κ1) is 18.3. The molecule has 0 radical (unpaired) electrons. The molecule has 0 spiro atoms. The van der Waals surface area contributed by atoms with E-state index >= 15 is 0 Å². The number of hydrogen-bond acceptors (Lipinski definition) is 5. The van der Waals surface area contributed by atoms with Crippen molar-refractivity contribution in [2.24, 2.45) is 0 Å². The zero-order valence-electron chi connectivity index (χ0n) is 15.6. The summed E-state index contributed by atoms with van der Waals surface area (Å²) in [6.45, 7) is 2.61. The van der Waals surface area contributed by atoms with Gasteiger partial charge in [-0.05, 0) is 18.2 Å². The number of fused-ring (bicyclic) bond motifs is 1. The lowest BCUT2D eigenvalue weighted by atomic mass is 10.1. The van der Waals surface area contributed by atoms with E-state index in [4.69, 9.17) is 4.74 Å². The molecule has 0 bridgehead atoms. The Morgan fingerprint density at radius 2 is 1.93 bits per heavy atom. The lowest BCUT2D eigenvalue weighted by Gasteiger charge is -2.35. The number of amides is 1. The first-order chi connectivity index (χ1) is 13.7. The van der Waals surface area contributed by atoms with Gasteiger partial charge < -0.3 is 14.5 Å².